The molecule has 2 aliphatic heterocycles. The van der Waals surface area contributed by atoms with E-state index < -0.39 is 0 Å². The van der Waals surface area contributed by atoms with Crippen molar-refractivity contribution in [3.63, 3.8) is 0 Å². The Morgan fingerprint density at radius 2 is 2.17 bits per heavy atom. The molecule has 7 heteroatoms. The highest BCUT2D eigenvalue weighted by Crippen LogP contribution is 2.47. The van der Waals surface area contributed by atoms with E-state index >= 15 is 0 Å². The minimum atomic E-state index is -0.166. The van der Waals surface area contributed by atoms with Gasteiger partial charge in [0.05, 0.1) is 22.4 Å². The number of rotatable bonds is 5. The van der Waals surface area contributed by atoms with Crippen LogP contribution < -0.4 is 4.31 Å². The minimum Gasteiger partial charge on any atom is -0.296 e. The molecule has 2 aliphatic rings. The van der Waals surface area contributed by atoms with Crippen LogP contribution in [0.4, 0.5) is 10.1 Å². The number of nitrogens with zero attached hydrogens (tertiary/aromatic N) is 4. The molecule has 1 spiro atoms. The number of hydrogen-bond donors (Lipinski definition) is 0. The summed E-state index contributed by atoms with van der Waals surface area (Å²) in [6, 6.07) is 7.51. The van der Waals surface area contributed by atoms with Crippen LogP contribution in [0.2, 0.25) is 0 Å². The summed E-state index contributed by atoms with van der Waals surface area (Å²) in [4.78, 5) is 8.65. The molecule has 2 saturated heterocycles. The van der Waals surface area contributed by atoms with Crippen LogP contribution in [0, 0.1) is 11.7 Å². The lowest BCUT2D eigenvalue weighted by Crippen LogP contribution is -2.56. The summed E-state index contributed by atoms with van der Waals surface area (Å²) in [5, 5.41) is 0. The second-order valence-electron chi connectivity index (χ2n) is 8.96. The second kappa shape index (κ2) is 8.53. The zero-order chi connectivity index (χ0) is 20.6. The third kappa shape index (κ3) is 4.48. The number of likely N-dealkylation sites (N-methyl/N-ethyl adjacent to an activating group) is 1. The first-order valence-corrected chi connectivity index (χ1v) is 12.1. The van der Waals surface area contributed by atoms with E-state index in [2.05, 4.69) is 46.3 Å². The fraction of sp³-hybridized carbons (Fsp3) is 0.591. The summed E-state index contributed by atoms with van der Waals surface area (Å²) in [6.45, 7) is 9.91. The van der Waals surface area contributed by atoms with Gasteiger partial charge in [-0.15, -0.1) is 11.3 Å². The Bertz CT molecular complexity index is 842. The highest BCUT2D eigenvalue weighted by Gasteiger charge is 2.49. The molecular formula is C22H31FN4S2. The van der Waals surface area contributed by atoms with Crippen molar-refractivity contribution in [3.05, 3.63) is 46.2 Å². The van der Waals surface area contributed by atoms with Gasteiger partial charge in [-0.25, -0.2) is 13.7 Å². The number of likely N-dealkylation sites (tertiary alicyclic amines) is 1. The maximum Gasteiger partial charge on any atom is 0.125 e. The van der Waals surface area contributed by atoms with Gasteiger partial charge in [-0.3, -0.25) is 9.21 Å². The molecule has 29 heavy (non-hydrogen) atoms. The van der Waals surface area contributed by atoms with Crippen molar-refractivity contribution in [1.29, 1.82) is 0 Å². The molecule has 0 aliphatic carbocycles. The fourth-order valence-corrected chi connectivity index (χ4v) is 6.73. The average molecular weight is 435 g/mol. The highest BCUT2D eigenvalue weighted by molar-refractivity contribution is 7.98. The molecule has 2 atom stereocenters. The molecule has 1 aromatic carbocycles. The van der Waals surface area contributed by atoms with Gasteiger partial charge < -0.3 is 0 Å². The smallest absolute Gasteiger partial charge is 0.125 e. The molecule has 0 radical (unpaired) electrons. The molecule has 0 unspecified atom stereocenters. The quantitative estimate of drug-likeness (QED) is 0.600. The third-order valence-electron chi connectivity index (χ3n) is 6.05. The van der Waals surface area contributed by atoms with Crippen LogP contribution in [0.1, 0.15) is 44.2 Å². The molecule has 4 nitrogen and oxygen atoms in total. The van der Waals surface area contributed by atoms with Gasteiger partial charge >= 0.3 is 0 Å². The van der Waals surface area contributed by atoms with E-state index in [0.29, 0.717) is 12.0 Å². The average Bonchev–Trinajstić information content (AvgIpc) is 3.21. The van der Waals surface area contributed by atoms with Gasteiger partial charge in [0.25, 0.3) is 0 Å². The van der Waals surface area contributed by atoms with Gasteiger partial charge in [-0.2, -0.15) is 0 Å². The summed E-state index contributed by atoms with van der Waals surface area (Å²) in [7, 11) is 2.14. The summed E-state index contributed by atoms with van der Waals surface area (Å²) in [6.07, 6.45) is 3.22. The van der Waals surface area contributed by atoms with Crippen molar-refractivity contribution in [2.24, 2.45) is 5.92 Å². The van der Waals surface area contributed by atoms with Crippen LogP contribution in [0.3, 0.4) is 0 Å². The van der Waals surface area contributed by atoms with Gasteiger partial charge in [0.1, 0.15) is 5.82 Å². The van der Waals surface area contributed by atoms with Gasteiger partial charge in [0.2, 0.25) is 0 Å². The van der Waals surface area contributed by atoms with Crippen molar-refractivity contribution < 1.29 is 4.39 Å². The Balaban J connectivity index is 1.49. The number of thiazole rings is 1. The van der Waals surface area contributed by atoms with E-state index in [9.17, 15) is 4.39 Å². The van der Waals surface area contributed by atoms with E-state index in [0.717, 1.165) is 44.6 Å². The molecule has 3 heterocycles. The molecule has 2 aromatic rings. The minimum absolute atomic E-state index is 0.0532. The van der Waals surface area contributed by atoms with Crippen molar-refractivity contribution in [2.45, 2.75) is 58.2 Å². The van der Waals surface area contributed by atoms with E-state index in [4.69, 9.17) is 0 Å². The normalized spacial score (nSPS) is 26.1. The number of anilines is 1. The van der Waals surface area contributed by atoms with Gasteiger partial charge in [0, 0.05) is 42.7 Å². The number of benzene rings is 1. The van der Waals surface area contributed by atoms with E-state index in [1.165, 1.54) is 16.6 Å². The maximum absolute atomic E-state index is 13.9. The van der Waals surface area contributed by atoms with E-state index in [-0.39, 0.29) is 11.4 Å². The molecule has 0 N–H and O–H groups in total. The first-order chi connectivity index (χ1) is 13.9. The van der Waals surface area contributed by atoms with Crippen molar-refractivity contribution in [3.8, 4) is 0 Å². The lowest BCUT2D eigenvalue weighted by atomic mass is 9.83. The predicted molar refractivity (Wildman–Crippen MR) is 122 cm³/mol. The van der Waals surface area contributed by atoms with Crippen LogP contribution in [-0.2, 0) is 13.0 Å². The summed E-state index contributed by atoms with van der Waals surface area (Å²) >= 11 is 3.52. The van der Waals surface area contributed by atoms with Gasteiger partial charge in [-0.05, 0) is 57.4 Å². The Morgan fingerprint density at radius 1 is 1.34 bits per heavy atom. The summed E-state index contributed by atoms with van der Waals surface area (Å²) in [5.74, 6) is 0.463. The lowest BCUT2D eigenvalue weighted by molar-refractivity contribution is 0.101. The monoisotopic (exact) mass is 434 g/mol. The number of halogens is 1. The molecule has 0 amide bonds. The van der Waals surface area contributed by atoms with Crippen molar-refractivity contribution >= 4 is 29.2 Å². The van der Waals surface area contributed by atoms with Gasteiger partial charge in [-0.1, -0.05) is 19.9 Å². The summed E-state index contributed by atoms with van der Waals surface area (Å²) < 4.78 is 18.5. The Hall–Kier alpha value is -1.15. The van der Waals surface area contributed by atoms with Crippen LogP contribution >= 0.6 is 23.5 Å². The van der Waals surface area contributed by atoms with Crippen LogP contribution in [0.25, 0.3) is 0 Å². The molecule has 1 aromatic heterocycles. The third-order valence-corrected chi connectivity index (χ3v) is 8.08. The Morgan fingerprint density at radius 3 is 2.90 bits per heavy atom. The predicted octanol–water partition coefficient (Wildman–Crippen LogP) is 5.22. The first-order valence-electron chi connectivity index (χ1n) is 10.5. The van der Waals surface area contributed by atoms with Crippen LogP contribution in [0.15, 0.2) is 29.8 Å². The zero-order valence-corrected chi connectivity index (χ0v) is 19.4. The van der Waals surface area contributed by atoms with Crippen molar-refractivity contribution in [2.75, 3.05) is 24.4 Å². The molecule has 158 valence electrons. The topological polar surface area (TPSA) is 22.6 Å². The first kappa shape index (κ1) is 21.1. The van der Waals surface area contributed by atoms with Crippen LogP contribution in [0.5, 0.6) is 0 Å². The molecule has 2 fully saturated rings. The number of hydrogen-bond acceptors (Lipinski definition) is 6. The highest BCUT2D eigenvalue weighted by atomic mass is 32.2. The van der Waals surface area contributed by atoms with Gasteiger partial charge in [0.15, 0.2) is 0 Å². The maximum atomic E-state index is 13.9. The number of aromatic nitrogens is 1. The second-order valence-corrected chi connectivity index (χ2v) is 11.1. The lowest BCUT2D eigenvalue weighted by Gasteiger charge is -2.47. The molecule has 4 rings (SSSR count). The molecule has 0 bridgehead atoms. The fourth-order valence-electron chi connectivity index (χ4n) is 4.73. The van der Waals surface area contributed by atoms with Crippen LogP contribution in [-0.4, -0.2) is 45.9 Å². The Kier molecular flexibility index (Phi) is 6.21. The molecular weight excluding hydrogens is 403 g/mol. The molecule has 0 saturated carbocycles. The van der Waals surface area contributed by atoms with E-state index in [1.54, 1.807) is 29.5 Å². The van der Waals surface area contributed by atoms with E-state index in [1.807, 2.05) is 17.6 Å². The summed E-state index contributed by atoms with van der Waals surface area (Å²) in [5.41, 5.74) is 4.30. The SMILES string of the molecule is CC(C)Cc1ncsc1CN1CC[C@@]2(C[C@@H]1C)CN(C)SN2c1cccc(F)c1. The van der Waals surface area contributed by atoms with Crippen molar-refractivity contribution in [1.82, 2.24) is 14.2 Å². The zero-order valence-electron chi connectivity index (χ0n) is 17.8. The largest absolute Gasteiger partial charge is 0.296 e. The number of piperidine rings is 1. The Labute approximate surface area is 182 Å². The standard InChI is InChI=1S/C22H31FN4S2/c1-16(2)10-20-21(28-15-24-20)13-26-9-8-22(12-17(26)3)14-25(4)29-27(22)19-7-5-6-18(23)11-19/h5-7,11,15-17H,8-10,12-14H2,1-4H3/t17-,22+/m0/s1.